The number of imidazole rings is 1. The molecule has 4 aromatic rings. The second-order valence-corrected chi connectivity index (χ2v) is 8.89. The number of rotatable bonds is 6. The Balaban J connectivity index is 1.65. The Morgan fingerprint density at radius 2 is 2.00 bits per heavy atom. The van der Waals surface area contributed by atoms with E-state index in [0.717, 1.165) is 41.1 Å². The Morgan fingerprint density at radius 3 is 2.62 bits per heavy atom. The highest BCUT2D eigenvalue weighted by Crippen LogP contribution is 2.43. The molecule has 1 N–H and O–H groups in total. The maximum atomic E-state index is 13.8. The number of alkyl halides is 3. The fourth-order valence-electron chi connectivity index (χ4n) is 4.81. The number of hydrogen-bond donors (Lipinski definition) is 1. The van der Waals surface area contributed by atoms with Gasteiger partial charge in [-0.05, 0) is 55.1 Å². The Kier molecular flexibility index (Phi) is 5.55. The Morgan fingerprint density at radius 1 is 1.21 bits per heavy atom. The normalized spacial score (nSPS) is 15.6. The van der Waals surface area contributed by atoms with E-state index in [4.69, 9.17) is 0 Å². The summed E-state index contributed by atoms with van der Waals surface area (Å²) in [6.07, 6.45) is 3.10. The highest BCUT2D eigenvalue weighted by molar-refractivity contribution is 5.58. The highest BCUT2D eigenvalue weighted by Gasteiger charge is 2.35. The van der Waals surface area contributed by atoms with Gasteiger partial charge in [-0.3, -0.25) is 8.97 Å². The van der Waals surface area contributed by atoms with Gasteiger partial charge >= 0.3 is 11.9 Å². The van der Waals surface area contributed by atoms with E-state index in [1.165, 1.54) is 17.0 Å². The molecule has 1 aliphatic carbocycles. The zero-order valence-electron chi connectivity index (χ0n) is 18.9. The zero-order chi connectivity index (χ0) is 24.0. The summed E-state index contributed by atoms with van der Waals surface area (Å²) < 4.78 is 45.7. The molecule has 10 heteroatoms. The van der Waals surface area contributed by atoms with Crippen LogP contribution >= 0.6 is 0 Å². The standard InChI is InChI=1S/C24H25F3N6O/c1-28-11-15-9-19(24(25,26)27)20-13-32(23(34)33(20)12-15)18-8-4-7-17(10-18)21(16-5-3-6-16)22-30-29-14-31(22)2/h4,7-10,12-14,16,21,28H,3,5-6,11H2,1-2H3/t21-/m1/s1. The molecule has 0 aliphatic heterocycles. The highest BCUT2D eigenvalue weighted by atomic mass is 19.4. The number of fused-ring (bicyclic) bond motifs is 1. The van der Waals surface area contributed by atoms with Crippen molar-refractivity contribution in [2.45, 2.75) is 37.9 Å². The van der Waals surface area contributed by atoms with E-state index in [1.807, 2.05) is 29.8 Å². The number of nitrogens with one attached hydrogen (secondary N) is 1. The SMILES string of the molecule is CNCc1cc(C(F)(F)F)c2cn(-c3cccc([C@H](c4nncn4C)C4CCC4)c3)c(=O)n2c1. The van der Waals surface area contributed by atoms with Gasteiger partial charge in [0.1, 0.15) is 12.2 Å². The van der Waals surface area contributed by atoms with Crippen LogP contribution in [0.15, 0.2) is 53.8 Å². The van der Waals surface area contributed by atoms with Crippen molar-refractivity contribution >= 4 is 5.52 Å². The molecule has 3 heterocycles. The minimum absolute atomic E-state index is 0.00176. The van der Waals surface area contributed by atoms with Gasteiger partial charge in [0.25, 0.3) is 0 Å². The molecule has 3 aromatic heterocycles. The van der Waals surface area contributed by atoms with Crippen molar-refractivity contribution in [3.05, 3.63) is 82.1 Å². The topological polar surface area (TPSA) is 69.2 Å². The summed E-state index contributed by atoms with van der Waals surface area (Å²) in [5.41, 5.74) is 0.302. The van der Waals surface area contributed by atoms with E-state index in [1.54, 1.807) is 19.4 Å². The van der Waals surface area contributed by atoms with Crippen LogP contribution in [0, 0.1) is 5.92 Å². The molecule has 1 fully saturated rings. The van der Waals surface area contributed by atoms with E-state index in [-0.39, 0.29) is 18.0 Å². The average molecular weight is 470 g/mol. The van der Waals surface area contributed by atoms with Crippen molar-refractivity contribution < 1.29 is 13.2 Å². The third kappa shape index (κ3) is 3.81. The summed E-state index contributed by atoms with van der Waals surface area (Å²) in [5, 5.41) is 11.2. The van der Waals surface area contributed by atoms with Crippen LogP contribution < -0.4 is 11.0 Å². The summed E-state index contributed by atoms with van der Waals surface area (Å²) in [5.74, 6) is 1.25. The number of aryl methyl sites for hydroxylation is 1. The number of halogens is 3. The molecular weight excluding hydrogens is 445 g/mol. The van der Waals surface area contributed by atoms with Crippen LogP contribution in [-0.2, 0) is 19.8 Å². The Bertz CT molecular complexity index is 1400. The van der Waals surface area contributed by atoms with Crippen LogP contribution in [-0.4, -0.2) is 30.8 Å². The van der Waals surface area contributed by atoms with Gasteiger partial charge in [0, 0.05) is 31.9 Å². The molecule has 0 bridgehead atoms. The molecule has 0 amide bonds. The molecule has 1 aromatic carbocycles. The first-order chi connectivity index (χ1) is 16.3. The summed E-state index contributed by atoms with van der Waals surface area (Å²) in [7, 11) is 3.55. The molecule has 1 saturated carbocycles. The van der Waals surface area contributed by atoms with E-state index in [9.17, 15) is 18.0 Å². The predicted molar refractivity (Wildman–Crippen MR) is 121 cm³/mol. The van der Waals surface area contributed by atoms with Crippen molar-refractivity contribution in [2.75, 3.05) is 7.05 Å². The van der Waals surface area contributed by atoms with Gasteiger partial charge in [0.05, 0.1) is 16.8 Å². The minimum atomic E-state index is -4.59. The monoisotopic (exact) mass is 470 g/mol. The van der Waals surface area contributed by atoms with Crippen LogP contribution in [0.3, 0.4) is 0 Å². The number of benzene rings is 1. The Hall–Kier alpha value is -3.40. The number of aromatic nitrogens is 5. The van der Waals surface area contributed by atoms with Gasteiger partial charge in [-0.2, -0.15) is 13.2 Å². The Labute approximate surface area is 193 Å². The van der Waals surface area contributed by atoms with Crippen molar-refractivity contribution in [3.8, 4) is 5.69 Å². The summed E-state index contributed by atoms with van der Waals surface area (Å²) >= 11 is 0. The minimum Gasteiger partial charge on any atom is -0.320 e. The first-order valence-corrected chi connectivity index (χ1v) is 11.2. The van der Waals surface area contributed by atoms with Gasteiger partial charge in [-0.25, -0.2) is 4.79 Å². The van der Waals surface area contributed by atoms with Crippen molar-refractivity contribution in [1.29, 1.82) is 0 Å². The van der Waals surface area contributed by atoms with Gasteiger partial charge < -0.3 is 9.88 Å². The second kappa shape index (κ2) is 8.43. The van der Waals surface area contributed by atoms with Gasteiger partial charge in [-0.1, -0.05) is 18.6 Å². The molecule has 178 valence electrons. The third-order valence-electron chi connectivity index (χ3n) is 6.66. The fourth-order valence-corrected chi connectivity index (χ4v) is 4.81. The van der Waals surface area contributed by atoms with Crippen LogP contribution in [0.2, 0.25) is 0 Å². The quantitative estimate of drug-likeness (QED) is 0.464. The zero-order valence-corrected chi connectivity index (χ0v) is 18.9. The molecule has 0 radical (unpaired) electrons. The molecule has 0 spiro atoms. The van der Waals surface area contributed by atoms with E-state index >= 15 is 0 Å². The molecule has 0 unspecified atom stereocenters. The molecule has 1 atom stereocenters. The molecule has 5 rings (SSSR count). The van der Waals surface area contributed by atoms with Gasteiger partial charge in [0.2, 0.25) is 0 Å². The van der Waals surface area contributed by atoms with Gasteiger partial charge in [-0.15, -0.1) is 10.2 Å². The first-order valence-electron chi connectivity index (χ1n) is 11.2. The average Bonchev–Trinajstić information content (AvgIpc) is 3.33. The summed E-state index contributed by atoms with van der Waals surface area (Å²) in [4.78, 5) is 13.2. The predicted octanol–water partition coefficient (Wildman–Crippen LogP) is 3.89. The maximum absolute atomic E-state index is 13.8. The molecule has 1 aliphatic rings. The first kappa shape index (κ1) is 22.4. The lowest BCUT2D eigenvalue weighted by molar-refractivity contribution is -0.136. The number of pyridine rings is 1. The largest absolute Gasteiger partial charge is 0.418 e. The van der Waals surface area contributed by atoms with Crippen molar-refractivity contribution in [1.82, 2.24) is 29.0 Å². The van der Waals surface area contributed by atoms with Crippen LogP contribution in [0.4, 0.5) is 13.2 Å². The van der Waals surface area contributed by atoms with Crippen LogP contribution in [0.1, 0.15) is 47.7 Å². The maximum Gasteiger partial charge on any atom is 0.418 e. The van der Waals surface area contributed by atoms with E-state index in [0.29, 0.717) is 17.2 Å². The summed E-state index contributed by atoms with van der Waals surface area (Å²) in [6, 6.07) is 8.51. The number of nitrogens with zero attached hydrogens (tertiary/aromatic N) is 5. The third-order valence-corrected chi connectivity index (χ3v) is 6.66. The van der Waals surface area contributed by atoms with Gasteiger partial charge in [0.15, 0.2) is 0 Å². The molecule has 34 heavy (non-hydrogen) atoms. The lowest BCUT2D eigenvalue weighted by Gasteiger charge is -2.33. The summed E-state index contributed by atoms with van der Waals surface area (Å²) in [6.45, 7) is 0.215. The molecular formula is C24H25F3N6O. The van der Waals surface area contributed by atoms with E-state index in [2.05, 4.69) is 15.5 Å². The van der Waals surface area contributed by atoms with Crippen LogP contribution in [0.25, 0.3) is 11.2 Å². The molecule has 0 saturated heterocycles. The smallest absolute Gasteiger partial charge is 0.320 e. The van der Waals surface area contributed by atoms with Crippen LogP contribution in [0.5, 0.6) is 0 Å². The molecule has 7 nitrogen and oxygen atoms in total. The van der Waals surface area contributed by atoms with E-state index < -0.39 is 17.4 Å². The lowest BCUT2D eigenvalue weighted by Crippen LogP contribution is -2.24. The van der Waals surface area contributed by atoms with Crippen molar-refractivity contribution in [3.63, 3.8) is 0 Å². The lowest BCUT2D eigenvalue weighted by atomic mass is 9.72. The number of hydrogen-bond acceptors (Lipinski definition) is 4. The fraction of sp³-hybridized carbons (Fsp3) is 0.375. The second-order valence-electron chi connectivity index (χ2n) is 8.89. The van der Waals surface area contributed by atoms with Crippen molar-refractivity contribution in [2.24, 2.45) is 13.0 Å².